The number of carbonyl (C=O) groups excluding carboxylic acids is 1. The lowest BCUT2D eigenvalue weighted by atomic mass is 10.2. The van der Waals surface area contributed by atoms with Crippen LogP contribution in [0, 0.1) is 3.57 Å². The van der Waals surface area contributed by atoms with Crippen LogP contribution in [0.1, 0.15) is 10.4 Å². The minimum Gasteiger partial charge on any atom is -0.461 e. The van der Waals surface area contributed by atoms with E-state index in [1.165, 1.54) is 0 Å². The highest BCUT2D eigenvalue weighted by Crippen LogP contribution is 2.12. The highest BCUT2D eigenvalue weighted by Gasteiger charge is 2.12. The minimum absolute atomic E-state index is 0.358. The Kier molecular flexibility index (Phi) is 4.69. The summed E-state index contributed by atoms with van der Waals surface area (Å²) >= 11 is 1.98. The molecule has 0 saturated heterocycles. The Balaban J connectivity index is 2.57. The molecule has 0 spiro atoms. The lowest BCUT2D eigenvalue weighted by Crippen LogP contribution is -2.15. The maximum absolute atomic E-state index is 11.4. The monoisotopic (exact) mass is 356 g/mol. The maximum Gasteiger partial charge on any atom is 0.339 e. The molecule has 0 bridgehead atoms. The molecule has 0 unspecified atom stereocenters. The van der Waals surface area contributed by atoms with Gasteiger partial charge in [-0.3, -0.25) is 4.55 Å². The van der Waals surface area contributed by atoms with E-state index in [-0.39, 0.29) is 6.61 Å². The Labute approximate surface area is 107 Å². The van der Waals surface area contributed by atoms with E-state index in [1.807, 2.05) is 22.6 Å². The summed E-state index contributed by atoms with van der Waals surface area (Å²) in [6.45, 7) is -0.358. The van der Waals surface area contributed by atoms with Crippen molar-refractivity contribution < 1.29 is 22.5 Å². The van der Waals surface area contributed by atoms with Crippen molar-refractivity contribution in [2.75, 3.05) is 12.4 Å². The van der Waals surface area contributed by atoms with Crippen molar-refractivity contribution in [3.8, 4) is 0 Å². The molecular weight excluding hydrogens is 347 g/mol. The van der Waals surface area contributed by atoms with Crippen molar-refractivity contribution >= 4 is 38.7 Å². The molecule has 1 aromatic carbocycles. The van der Waals surface area contributed by atoms with Gasteiger partial charge in [-0.1, -0.05) is 12.1 Å². The second kappa shape index (κ2) is 5.60. The Morgan fingerprint density at radius 3 is 2.56 bits per heavy atom. The standard InChI is InChI=1S/C9H9IO5S/c10-8-4-2-1-3-7(8)9(11)15-5-6-16(12,13)14/h1-4H,5-6H2,(H,12,13,14). The lowest BCUT2D eigenvalue weighted by molar-refractivity contribution is 0.0527. The van der Waals surface area contributed by atoms with Gasteiger partial charge in [0.25, 0.3) is 10.1 Å². The van der Waals surface area contributed by atoms with Crippen LogP contribution in [-0.4, -0.2) is 31.3 Å². The molecule has 0 aliphatic heterocycles. The quantitative estimate of drug-likeness (QED) is 0.500. The molecule has 1 N–H and O–H groups in total. The van der Waals surface area contributed by atoms with Crippen LogP contribution >= 0.6 is 22.6 Å². The van der Waals surface area contributed by atoms with Gasteiger partial charge in [0.2, 0.25) is 0 Å². The molecule has 0 saturated carbocycles. The first-order chi connectivity index (χ1) is 7.40. The van der Waals surface area contributed by atoms with Gasteiger partial charge in [0.05, 0.1) is 5.56 Å². The van der Waals surface area contributed by atoms with Gasteiger partial charge in [-0.25, -0.2) is 4.79 Å². The van der Waals surface area contributed by atoms with E-state index in [2.05, 4.69) is 0 Å². The zero-order valence-electron chi connectivity index (χ0n) is 8.09. The van der Waals surface area contributed by atoms with Gasteiger partial charge >= 0.3 is 5.97 Å². The van der Waals surface area contributed by atoms with Crippen LogP contribution in [0.2, 0.25) is 0 Å². The smallest absolute Gasteiger partial charge is 0.339 e. The fourth-order valence-corrected chi connectivity index (χ4v) is 1.85. The Morgan fingerprint density at radius 2 is 2.00 bits per heavy atom. The van der Waals surface area contributed by atoms with E-state index in [9.17, 15) is 13.2 Å². The summed E-state index contributed by atoms with van der Waals surface area (Å²) in [5.41, 5.74) is 0.374. The number of rotatable bonds is 4. The van der Waals surface area contributed by atoms with E-state index in [4.69, 9.17) is 9.29 Å². The molecule has 0 aliphatic rings. The summed E-state index contributed by atoms with van der Waals surface area (Å²) < 4.78 is 34.6. The third kappa shape index (κ3) is 4.45. The first-order valence-electron chi connectivity index (χ1n) is 4.27. The summed E-state index contributed by atoms with van der Waals surface area (Å²) in [5.74, 6) is -1.20. The number of benzene rings is 1. The average Bonchev–Trinajstić information content (AvgIpc) is 2.16. The number of ether oxygens (including phenoxy) is 1. The first-order valence-corrected chi connectivity index (χ1v) is 6.96. The molecule has 7 heteroatoms. The fourth-order valence-electron chi connectivity index (χ4n) is 0.944. The van der Waals surface area contributed by atoms with Crippen LogP contribution in [0.4, 0.5) is 0 Å². The van der Waals surface area contributed by atoms with Gasteiger partial charge in [-0.05, 0) is 34.7 Å². The van der Waals surface area contributed by atoms with E-state index >= 15 is 0 Å². The van der Waals surface area contributed by atoms with Crippen LogP contribution in [0.3, 0.4) is 0 Å². The zero-order valence-corrected chi connectivity index (χ0v) is 11.1. The highest BCUT2D eigenvalue weighted by atomic mass is 127. The van der Waals surface area contributed by atoms with E-state index in [0.717, 1.165) is 3.57 Å². The largest absolute Gasteiger partial charge is 0.461 e. The first kappa shape index (κ1) is 13.4. The van der Waals surface area contributed by atoms with Crippen LogP contribution in [-0.2, 0) is 14.9 Å². The third-order valence-electron chi connectivity index (χ3n) is 1.67. The molecule has 5 nitrogen and oxygen atoms in total. The minimum atomic E-state index is -4.09. The Morgan fingerprint density at radius 1 is 1.38 bits per heavy atom. The summed E-state index contributed by atoms with van der Waals surface area (Å²) in [5, 5.41) is 0. The second-order valence-electron chi connectivity index (χ2n) is 2.90. The van der Waals surface area contributed by atoms with Gasteiger partial charge in [0, 0.05) is 3.57 Å². The van der Waals surface area contributed by atoms with Gasteiger partial charge in [-0.15, -0.1) is 0 Å². The molecule has 16 heavy (non-hydrogen) atoms. The fraction of sp³-hybridized carbons (Fsp3) is 0.222. The topological polar surface area (TPSA) is 80.7 Å². The van der Waals surface area contributed by atoms with E-state index in [0.29, 0.717) is 5.56 Å². The van der Waals surface area contributed by atoms with Crippen LogP contribution < -0.4 is 0 Å². The van der Waals surface area contributed by atoms with Crippen LogP contribution in [0.25, 0.3) is 0 Å². The molecule has 88 valence electrons. The van der Waals surface area contributed by atoms with Crippen molar-refractivity contribution in [1.29, 1.82) is 0 Å². The Hall–Kier alpha value is -0.670. The van der Waals surface area contributed by atoms with Gasteiger partial charge in [0.1, 0.15) is 12.4 Å². The van der Waals surface area contributed by atoms with Gasteiger partial charge in [0.15, 0.2) is 0 Å². The molecule has 0 heterocycles. The SMILES string of the molecule is O=C(OCCS(=O)(=O)O)c1ccccc1I. The summed E-state index contributed by atoms with van der Waals surface area (Å²) in [7, 11) is -4.09. The van der Waals surface area contributed by atoms with Crippen molar-refractivity contribution in [3.05, 3.63) is 33.4 Å². The summed E-state index contributed by atoms with van der Waals surface area (Å²) in [4.78, 5) is 11.4. The maximum atomic E-state index is 11.4. The van der Waals surface area contributed by atoms with E-state index in [1.54, 1.807) is 24.3 Å². The lowest BCUT2D eigenvalue weighted by Gasteiger charge is -2.04. The van der Waals surface area contributed by atoms with Gasteiger partial charge in [-0.2, -0.15) is 8.42 Å². The predicted octanol–water partition coefficient (Wildman–Crippen LogP) is 1.34. The molecule has 0 radical (unpaired) electrons. The van der Waals surface area contributed by atoms with Crippen molar-refractivity contribution in [1.82, 2.24) is 0 Å². The number of hydrogen-bond acceptors (Lipinski definition) is 4. The molecule has 0 atom stereocenters. The molecule has 0 aliphatic carbocycles. The van der Waals surface area contributed by atoms with Crippen molar-refractivity contribution in [2.24, 2.45) is 0 Å². The number of halogens is 1. The number of carbonyl (C=O) groups is 1. The Bertz CT molecular complexity index is 482. The molecule has 1 aromatic rings. The molecular formula is C9H9IO5S. The summed E-state index contributed by atoms with van der Waals surface area (Å²) in [6, 6.07) is 6.77. The normalized spacial score (nSPS) is 11.1. The van der Waals surface area contributed by atoms with Crippen molar-refractivity contribution in [3.63, 3.8) is 0 Å². The van der Waals surface area contributed by atoms with Gasteiger partial charge < -0.3 is 4.74 Å². The molecule has 0 aromatic heterocycles. The zero-order chi connectivity index (χ0) is 12.2. The molecule has 1 rings (SSSR count). The molecule has 0 amide bonds. The van der Waals surface area contributed by atoms with Crippen LogP contribution in [0.5, 0.6) is 0 Å². The predicted molar refractivity (Wildman–Crippen MR) is 65.9 cm³/mol. The van der Waals surface area contributed by atoms with E-state index < -0.39 is 21.8 Å². The summed E-state index contributed by atoms with van der Waals surface area (Å²) in [6.07, 6.45) is 0. The number of esters is 1. The van der Waals surface area contributed by atoms with Crippen molar-refractivity contribution in [2.45, 2.75) is 0 Å². The van der Waals surface area contributed by atoms with Crippen LogP contribution in [0.15, 0.2) is 24.3 Å². The number of hydrogen-bond donors (Lipinski definition) is 1. The average molecular weight is 356 g/mol. The molecule has 0 fully saturated rings. The highest BCUT2D eigenvalue weighted by molar-refractivity contribution is 14.1. The second-order valence-corrected chi connectivity index (χ2v) is 5.64. The third-order valence-corrected chi connectivity index (χ3v) is 3.29.